The molecular weight excluding hydrogens is 332 g/mol. The average molecular weight is 365 g/mol. The number of rotatable bonds is 9. The SMILES string of the molecule is COc1ccccc1CCN1CCC(CN(C)C(=O)CCSC)CC1. The topological polar surface area (TPSA) is 32.8 Å². The predicted molar refractivity (Wildman–Crippen MR) is 106 cm³/mol. The number of thioether (sulfide) groups is 1. The third kappa shape index (κ3) is 6.55. The van der Waals surface area contributed by atoms with Gasteiger partial charge in [0.05, 0.1) is 7.11 Å². The van der Waals surface area contributed by atoms with Crippen molar-refractivity contribution in [1.29, 1.82) is 0 Å². The minimum Gasteiger partial charge on any atom is -0.496 e. The molecule has 1 saturated heterocycles. The minimum absolute atomic E-state index is 0.285. The zero-order valence-corrected chi connectivity index (χ0v) is 16.7. The summed E-state index contributed by atoms with van der Waals surface area (Å²) in [5.74, 6) is 2.84. The first-order valence-corrected chi connectivity index (χ1v) is 10.6. The fourth-order valence-corrected chi connectivity index (χ4v) is 3.83. The molecule has 0 saturated carbocycles. The number of hydrogen-bond donors (Lipinski definition) is 0. The Balaban J connectivity index is 1.70. The lowest BCUT2D eigenvalue weighted by atomic mass is 9.96. The monoisotopic (exact) mass is 364 g/mol. The van der Waals surface area contributed by atoms with Gasteiger partial charge in [0.15, 0.2) is 0 Å². The largest absolute Gasteiger partial charge is 0.496 e. The molecule has 0 unspecified atom stereocenters. The summed E-state index contributed by atoms with van der Waals surface area (Å²) in [4.78, 5) is 16.5. The summed E-state index contributed by atoms with van der Waals surface area (Å²) in [7, 11) is 3.69. The Hall–Kier alpha value is -1.20. The highest BCUT2D eigenvalue weighted by atomic mass is 32.2. The van der Waals surface area contributed by atoms with Crippen LogP contribution in [0.5, 0.6) is 5.75 Å². The van der Waals surface area contributed by atoms with Crippen molar-refractivity contribution in [3.05, 3.63) is 29.8 Å². The summed E-state index contributed by atoms with van der Waals surface area (Å²) in [6, 6.07) is 8.28. The highest BCUT2D eigenvalue weighted by molar-refractivity contribution is 7.98. The molecule has 0 N–H and O–H groups in total. The van der Waals surface area contributed by atoms with Gasteiger partial charge in [0.1, 0.15) is 5.75 Å². The van der Waals surface area contributed by atoms with Gasteiger partial charge in [0, 0.05) is 32.3 Å². The van der Waals surface area contributed by atoms with Crippen molar-refractivity contribution in [3.8, 4) is 5.75 Å². The molecule has 5 heteroatoms. The highest BCUT2D eigenvalue weighted by Crippen LogP contribution is 2.21. The number of ether oxygens (including phenoxy) is 1. The quantitative estimate of drug-likeness (QED) is 0.674. The number of hydrogen-bond acceptors (Lipinski definition) is 4. The smallest absolute Gasteiger partial charge is 0.223 e. The highest BCUT2D eigenvalue weighted by Gasteiger charge is 2.22. The molecule has 1 aliphatic heterocycles. The fourth-order valence-electron chi connectivity index (χ4n) is 3.45. The predicted octanol–water partition coefficient (Wildman–Crippen LogP) is 3.16. The summed E-state index contributed by atoms with van der Waals surface area (Å²) in [6.07, 6.45) is 6.11. The number of amides is 1. The molecule has 1 aromatic rings. The number of carbonyl (C=O) groups is 1. The van der Waals surface area contributed by atoms with E-state index in [4.69, 9.17) is 4.74 Å². The van der Waals surface area contributed by atoms with Gasteiger partial charge in [-0.15, -0.1) is 0 Å². The first-order valence-electron chi connectivity index (χ1n) is 9.21. The zero-order valence-electron chi connectivity index (χ0n) is 15.9. The molecule has 0 atom stereocenters. The molecule has 0 bridgehead atoms. The van der Waals surface area contributed by atoms with Crippen molar-refractivity contribution >= 4 is 17.7 Å². The van der Waals surface area contributed by atoms with Gasteiger partial charge >= 0.3 is 0 Å². The second kappa shape index (κ2) is 10.7. The van der Waals surface area contributed by atoms with Crippen LogP contribution in [0.2, 0.25) is 0 Å². The van der Waals surface area contributed by atoms with Crippen LogP contribution in [0.3, 0.4) is 0 Å². The Labute approximate surface area is 156 Å². The summed E-state index contributed by atoms with van der Waals surface area (Å²) < 4.78 is 5.44. The van der Waals surface area contributed by atoms with Gasteiger partial charge in [-0.3, -0.25) is 4.79 Å². The van der Waals surface area contributed by atoms with Crippen LogP contribution in [0, 0.1) is 5.92 Å². The molecular formula is C20H32N2O2S. The maximum Gasteiger partial charge on any atom is 0.223 e. The van der Waals surface area contributed by atoms with E-state index in [1.165, 1.54) is 18.4 Å². The van der Waals surface area contributed by atoms with Crippen LogP contribution < -0.4 is 4.74 Å². The second-order valence-electron chi connectivity index (χ2n) is 6.86. The van der Waals surface area contributed by atoms with E-state index in [1.807, 2.05) is 30.3 Å². The first kappa shape index (κ1) is 20.1. The molecule has 1 heterocycles. The summed E-state index contributed by atoms with van der Waals surface area (Å²) >= 11 is 1.74. The number of para-hydroxylation sites is 1. The van der Waals surface area contributed by atoms with Crippen LogP contribution in [0.1, 0.15) is 24.8 Å². The summed E-state index contributed by atoms with van der Waals surface area (Å²) in [5.41, 5.74) is 1.28. The fraction of sp³-hybridized carbons (Fsp3) is 0.650. The maximum atomic E-state index is 12.1. The number of methoxy groups -OCH3 is 1. The van der Waals surface area contributed by atoms with E-state index in [2.05, 4.69) is 17.0 Å². The normalized spacial score (nSPS) is 16.0. The molecule has 25 heavy (non-hydrogen) atoms. The molecule has 1 fully saturated rings. The van der Waals surface area contributed by atoms with Crippen LogP contribution in [-0.4, -0.2) is 68.1 Å². The van der Waals surface area contributed by atoms with E-state index in [9.17, 15) is 4.79 Å². The first-order chi connectivity index (χ1) is 12.1. The molecule has 2 rings (SSSR count). The molecule has 1 amide bonds. The number of nitrogens with zero attached hydrogens (tertiary/aromatic N) is 2. The van der Waals surface area contributed by atoms with Crippen molar-refractivity contribution < 1.29 is 9.53 Å². The number of likely N-dealkylation sites (tertiary alicyclic amines) is 1. The molecule has 1 aromatic carbocycles. The average Bonchev–Trinajstić information content (AvgIpc) is 2.65. The van der Waals surface area contributed by atoms with E-state index in [0.29, 0.717) is 12.3 Å². The Morgan fingerprint density at radius 1 is 1.32 bits per heavy atom. The Morgan fingerprint density at radius 3 is 2.72 bits per heavy atom. The Bertz CT molecular complexity index is 530. The van der Waals surface area contributed by atoms with Gasteiger partial charge < -0.3 is 14.5 Å². The lowest BCUT2D eigenvalue weighted by molar-refractivity contribution is -0.130. The van der Waals surface area contributed by atoms with Gasteiger partial charge in [-0.05, 0) is 56.2 Å². The summed E-state index contributed by atoms with van der Waals surface area (Å²) in [5, 5.41) is 0. The van der Waals surface area contributed by atoms with Crippen molar-refractivity contribution in [2.75, 3.05) is 52.3 Å². The lowest BCUT2D eigenvalue weighted by Crippen LogP contribution is -2.40. The standard InChI is InChI=1S/C20H32N2O2S/c1-21(20(23)11-15-25-3)16-17-8-12-22(13-9-17)14-10-18-6-4-5-7-19(18)24-2/h4-7,17H,8-16H2,1-3H3. The third-order valence-corrected chi connectivity index (χ3v) is 5.69. The number of piperidine rings is 1. The molecule has 0 spiro atoms. The zero-order chi connectivity index (χ0) is 18.1. The van der Waals surface area contributed by atoms with Gasteiger partial charge in [0.25, 0.3) is 0 Å². The molecule has 140 valence electrons. The minimum atomic E-state index is 0.285. The molecule has 0 radical (unpaired) electrons. The van der Waals surface area contributed by atoms with E-state index in [1.54, 1.807) is 18.9 Å². The van der Waals surface area contributed by atoms with E-state index in [-0.39, 0.29) is 5.91 Å². The molecule has 4 nitrogen and oxygen atoms in total. The molecule has 1 aliphatic rings. The van der Waals surface area contributed by atoms with Gasteiger partial charge in [-0.1, -0.05) is 18.2 Å². The van der Waals surface area contributed by atoms with Gasteiger partial charge in [0.2, 0.25) is 5.91 Å². The van der Waals surface area contributed by atoms with Crippen LogP contribution in [0.25, 0.3) is 0 Å². The van der Waals surface area contributed by atoms with Crippen molar-refractivity contribution in [1.82, 2.24) is 9.80 Å². The van der Waals surface area contributed by atoms with Crippen molar-refractivity contribution in [2.24, 2.45) is 5.92 Å². The van der Waals surface area contributed by atoms with Crippen LogP contribution in [-0.2, 0) is 11.2 Å². The lowest BCUT2D eigenvalue weighted by Gasteiger charge is -2.34. The Morgan fingerprint density at radius 2 is 2.04 bits per heavy atom. The van der Waals surface area contributed by atoms with E-state index >= 15 is 0 Å². The Kier molecular flexibility index (Phi) is 8.62. The van der Waals surface area contributed by atoms with Crippen LogP contribution >= 0.6 is 11.8 Å². The van der Waals surface area contributed by atoms with E-state index < -0.39 is 0 Å². The van der Waals surface area contributed by atoms with Crippen molar-refractivity contribution in [3.63, 3.8) is 0 Å². The number of carbonyl (C=O) groups excluding carboxylic acids is 1. The van der Waals surface area contributed by atoms with E-state index in [0.717, 1.165) is 44.1 Å². The maximum absolute atomic E-state index is 12.1. The molecule has 0 aromatic heterocycles. The summed E-state index contributed by atoms with van der Waals surface area (Å²) in [6.45, 7) is 4.25. The second-order valence-corrected chi connectivity index (χ2v) is 7.85. The van der Waals surface area contributed by atoms with Crippen LogP contribution in [0.15, 0.2) is 24.3 Å². The third-order valence-electron chi connectivity index (χ3n) is 5.07. The molecule has 0 aliphatic carbocycles. The van der Waals surface area contributed by atoms with Crippen LogP contribution in [0.4, 0.5) is 0 Å². The van der Waals surface area contributed by atoms with Crippen molar-refractivity contribution in [2.45, 2.75) is 25.7 Å². The van der Waals surface area contributed by atoms with Gasteiger partial charge in [-0.2, -0.15) is 11.8 Å². The number of benzene rings is 1. The van der Waals surface area contributed by atoms with Gasteiger partial charge in [-0.25, -0.2) is 0 Å².